The smallest absolute Gasteiger partial charge is 0.324 e. The van der Waals surface area contributed by atoms with Gasteiger partial charge in [0, 0.05) is 19.3 Å². The van der Waals surface area contributed by atoms with Crippen LogP contribution in [0.1, 0.15) is 12.8 Å². The van der Waals surface area contributed by atoms with Crippen LogP contribution in [0.25, 0.3) is 0 Å². The molecule has 7 nitrogen and oxygen atoms in total. The topological polar surface area (TPSA) is 85.9 Å². The predicted molar refractivity (Wildman–Crippen MR) is 76.9 cm³/mol. The molecule has 104 valence electrons. The summed E-state index contributed by atoms with van der Waals surface area (Å²) >= 11 is 0. The van der Waals surface area contributed by atoms with Gasteiger partial charge in [0.25, 0.3) is 0 Å². The number of urea groups is 1. The first-order valence-corrected chi connectivity index (χ1v) is 6.59. The van der Waals surface area contributed by atoms with Crippen molar-refractivity contribution in [2.24, 2.45) is 0 Å². The highest BCUT2D eigenvalue weighted by Gasteiger charge is 2.17. The van der Waals surface area contributed by atoms with Crippen molar-refractivity contribution >= 4 is 23.4 Å². The average molecular weight is 272 g/mol. The third-order valence-electron chi connectivity index (χ3n) is 3.19. The largest absolute Gasteiger partial charge is 0.355 e. The van der Waals surface area contributed by atoms with E-state index < -0.39 is 0 Å². The fourth-order valence-electron chi connectivity index (χ4n) is 2.28. The van der Waals surface area contributed by atoms with Crippen molar-refractivity contribution in [2.45, 2.75) is 12.8 Å². The van der Waals surface area contributed by atoms with Gasteiger partial charge in [-0.15, -0.1) is 0 Å². The van der Waals surface area contributed by atoms with Crippen molar-refractivity contribution in [3.05, 3.63) is 30.9 Å². The van der Waals surface area contributed by atoms with Crippen molar-refractivity contribution in [2.75, 3.05) is 28.6 Å². The maximum absolute atomic E-state index is 11.9. The average Bonchev–Trinajstić information content (AvgIpc) is 3.11. The van der Waals surface area contributed by atoms with Gasteiger partial charge in [0.2, 0.25) is 0 Å². The Morgan fingerprint density at radius 2 is 2.15 bits per heavy atom. The maximum Gasteiger partial charge on any atom is 0.324 e. The lowest BCUT2D eigenvalue weighted by molar-refractivity contribution is 0.262. The van der Waals surface area contributed by atoms with Crippen LogP contribution < -0.4 is 15.5 Å². The lowest BCUT2D eigenvalue weighted by atomic mass is 10.3. The zero-order valence-electron chi connectivity index (χ0n) is 11.0. The molecule has 3 heterocycles. The number of amides is 2. The summed E-state index contributed by atoms with van der Waals surface area (Å²) in [6.07, 6.45) is 7.12. The standard InChI is InChI=1S/C13H16N6O/c20-13(18-11-8-14-9-16-11)17-10-4-3-5-15-12(10)19-6-1-2-7-19/h3-5,8-9H,1-2,6-7H2,(H,14,16)(H2,17,18,20). The molecular weight excluding hydrogens is 256 g/mol. The number of nitrogens with one attached hydrogen (secondary N) is 3. The number of carbonyl (C=O) groups excluding carboxylic acids is 1. The highest BCUT2D eigenvalue weighted by molar-refractivity contribution is 6.00. The van der Waals surface area contributed by atoms with Crippen LogP contribution in [0.5, 0.6) is 0 Å². The van der Waals surface area contributed by atoms with E-state index in [0.717, 1.165) is 31.7 Å². The molecule has 0 aromatic carbocycles. The molecular formula is C13H16N6O. The van der Waals surface area contributed by atoms with Crippen molar-refractivity contribution in [1.82, 2.24) is 15.0 Å². The fraction of sp³-hybridized carbons (Fsp3) is 0.308. The van der Waals surface area contributed by atoms with E-state index >= 15 is 0 Å². The number of aromatic amines is 1. The fourth-order valence-corrected chi connectivity index (χ4v) is 2.28. The summed E-state index contributed by atoms with van der Waals surface area (Å²) in [7, 11) is 0. The number of pyridine rings is 1. The van der Waals surface area contributed by atoms with E-state index in [-0.39, 0.29) is 6.03 Å². The molecule has 3 N–H and O–H groups in total. The molecule has 0 aliphatic carbocycles. The minimum absolute atomic E-state index is 0.317. The number of rotatable bonds is 3. The summed E-state index contributed by atoms with van der Waals surface area (Å²) in [4.78, 5) is 25.1. The number of anilines is 3. The molecule has 0 radical (unpaired) electrons. The van der Waals surface area contributed by atoms with Crippen LogP contribution in [0.4, 0.5) is 22.1 Å². The Labute approximate surface area is 116 Å². The normalized spacial score (nSPS) is 14.3. The molecule has 2 aromatic rings. The molecule has 2 amide bonds. The van der Waals surface area contributed by atoms with Gasteiger partial charge >= 0.3 is 6.03 Å². The first kappa shape index (κ1) is 12.5. The Morgan fingerprint density at radius 1 is 1.30 bits per heavy atom. The minimum atomic E-state index is -0.317. The lowest BCUT2D eigenvalue weighted by Gasteiger charge is -2.19. The molecule has 0 saturated carbocycles. The van der Waals surface area contributed by atoms with E-state index in [2.05, 4.69) is 30.5 Å². The molecule has 0 spiro atoms. The Kier molecular flexibility index (Phi) is 3.49. The third-order valence-corrected chi connectivity index (χ3v) is 3.19. The van der Waals surface area contributed by atoms with Gasteiger partial charge in [-0.05, 0) is 25.0 Å². The third kappa shape index (κ3) is 2.71. The van der Waals surface area contributed by atoms with Crippen molar-refractivity contribution in [1.29, 1.82) is 0 Å². The predicted octanol–water partition coefficient (Wildman–Crippen LogP) is 2.05. The van der Waals surface area contributed by atoms with E-state index in [9.17, 15) is 4.79 Å². The first-order chi connectivity index (χ1) is 9.83. The van der Waals surface area contributed by atoms with Crippen LogP contribution in [-0.4, -0.2) is 34.1 Å². The van der Waals surface area contributed by atoms with E-state index in [0.29, 0.717) is 11.5 Å². The highest BCUT2D eigenvalue weighted by Crippen LogP contribution is 2.26. The summed E-state index contributed by atoms with van der Waals surface area (Å²) < 4.78 is 0. The van der Waals surface area contributed by atoms with Gasteiger partial charge in [-0.25, -0.2) is 14.8 Å². The summed E-state index contributed by atoms with van der Waals surface area (Å²) in [6, 6.07) is 3.35. The number of carbonyl (C=O) groups is 1. The van der Waals surface area contributed by atoms with Gasteiger partial charge in [-0.2, -0.15) is 0 Å². The molecule has 1 aliphatic heterocycles. The van der Waals surface area contributed by atoms with E-state index in [1.54, 1.807) is 12.4 Å². The summed E-state index contributed by atoms with van der Waals surface area (Å²) in [5, 5.41) is 5.50. The summed E-state index contributed by atoms with van der Waals surface area (Å²) in [5.74, 6) is 1.37. The van der Waals surface area contributed by atoms with E-state index in [1.165, 1.54) is 6.33 Å². The molecule has 1 aliphatic rings. The van der Waals surface area contributed by atoms with Crippen molar-refractivity contribution in [3.8, 4) is 0 Å². The second kappa shape index (κ2) is 5.60. The molecule has 1 fully saturated rings. The van der Waals surface area contributed by atoms with Gasteiger partial charge in [0.1, 0.15) is 5.82 Å². The van der Waals surface area contributed by atoms with Gasteiger partial charge < -0.3 is 15.2 Å². The summed E-state index contributed by atoms with van der Waals surface area (Å²) in [5.41, 5.74) is 0.714. The number of imidazole rings is 1. The van der Waals surface area contributed by atoms with Crippen LogP contribution in [0.2, 0.25) is 0 Å². The van der Waals surface area contributed by atoms with Crippen LogP contribution in [0, 0.1) is 0 Å². The number of hydrogen-bond acceptors (Lipinski definition) is 4. The van der Waals surface area contributed by atoms with Gasteiger partial charge in [-0.3, -0.25) is 5.32 Å². The Balaban J connectivity index is 1.71. The Morgan fingerprint density at radius 3 is 2.90 bits per heavy atom. The Hall–Kier alpha value is -2.57. The molecule has 20 heavy (non-hydrogen) atoms. The molecule has 7 heteroatoms. The quantitative estimate of drug-likeness (QED) is 0.798. The van der Waals surface area contributed by atoms with Crippen LogP contribution in [-0.2, 0) is 0 Å². The molecule has 0 atom stereocenters. The number of H-pyrrole nitrogens is 1. The summed E-state index contributed by atoms with van der Waals surface area (Å²) in [6.45, 7) is 1.96. The maximum atomic E-state index is 11.9. The zero-order valence-corrected chi connectivity index (χ0v) is 11.0. The molecule has 2 aromatic heterocycles. The van der Waals surface area contributed by atoms with Crippen molar-refractivity contribution < 1.29 is 4.79 Å². The molecule has 0 unspecified atom stereocenters. The second-order valence-corrected chi connectivity index (χ2v) is 4.61. The van der Waals surface area contributed by atoms with E-state index in [4.69, 9.17) is 0 Å². The Bertz CT molecular complexity index is 576. The second-order valence-electron chi connectivity index (χ2n) is 4.61. The zero-order chi connectivity index (χ0) is 13.8. The van der Waals surface area contributed by atoms with Crippen molar-refractivity contribution in [3.63, 3.8) is 0 Å². The highest BCUT2D eigenvalue weighted by atomic mass is 16.2. The van der Waals surface area contributed by atoms with Gasteiger partial charge in [0.05, 0.1) is 18.2 Å². The molecule has 1 saturated heterocycles. The monoisotopic (exact) mass is 272 g/mol. The van der Waals surface area contributed by atoms with Gasteiger partial charge in [0.15, 0.2) is 5.82 Å². The number of hydrogen-bond donors (Lipinski definition) is 3. The first-order valence-electron chi connectivity index (χ1n) is 6.59. The SMILES string of the molecule is O=C(Nc1cnc[nH]1)Nc1cccnc1N1CCCC1. The van der Waals surface area contributed by atoms with Gasteiger partial charge in [-0.1, -0.05) is 0 Å². The van der Waals surface area contributed by atoms with Crippen LogP contribution >= 0.6 is 0 Å². The van der Waals surface area contributed by atoms with Crippen LogP contribution in [0.15, 0.2) is 30.9 Å². The minimum Gasteiger partial charge on any atom is -0.355 e. The van der Waals surface area contributed by atoms with Crippen LogP contribution in [0.3, 0.4) is 0 Å². The lowest BCUT2D eigenvalue weighted by Crippen LogP contribution is -2.24. The molecule has 0 bridgehead atoms. The molecule has 3 rings (SSSR count). The van der Waals surface area contributed by atoms with E-state index in [1.807, 2.05) is 12.1 Å². The number of aromatic nitrogens is 3. The number of nitrogens with zero attached hydrogens (tertiary/aromatic N) is 3.